The van der Waals surface area contributed by atoms with Gasteiger partial charge in [0.05, 0.1) is 0 Å². The second-order valence-electron chi connectivity index (χ2n) is 4.49. The van der Waals surface area contributed by atoms with Crippen molar-refractivity contribution in [2.24, 2.45) is 0 Å². The monoisotopic (exact) mass is 244 g/mol. The van der Waals surface area contributed by atoms with Crippen LogP contribution in [0, 0.1) is 0 Å². The maximum absolute atomic E-state index is 6.33. The number of hydrogen-bond donors (Lipinski definition) is 0. The Kier molecular flexibility index (Phi) is 2.03. The molecule has 0 fully saturated rings. The van der Waals surface area contributed by atoms with E-state index in [4.69, 9.17) is 7.85 Å². The minimum Gasteiger partial charge on any atom is -0.136 e. The van der Waals surface area contributed by atoms with Crippen LogP contribution in [0.2, 0.25) is 0 Å². The molecule has 2 radical (unpaired) electrons. The Bertz CT molecular complexity index is 889. The Morgan fingerprint density at radius 2 is 1.50 bits per heavy atom. The predicted molar refractivity (Wildman–Crippen MR) is 82.2 cm³/mol. The zero-order valence-electron chi connectivity index (χ0n) is 9.68. The molecule has 0 nitrogen and oxygen atoms in total. The first-order valence-electron chi connectivity index (χ1n) is 5.93. The molecule has 3 aromatic carbocycles. The molecule has 0 N–H and O–H groups in total. The van der Waals surface area contributed by atoms with Gasteiger partial charge in [0.25, 0.3) is 0 Å². The van der Waals surface area contributed by atoms with Crippen LogP contribution in [-0.4, -0.2) is 7.85 Å². The largest absolute Gasteiger partial charge is 0.136 e. The molecule has 0 unspecified atom stereocenters. The van der Waals surface area contributed by atoms with Crippen molar-refractivity contribution in [1.82, 2.24) is 0 Å². The Hall–Kier alpha value is -1.80. The molecule has 18 heavy (non-hydrogen) atoms. The van der Waals surface area contributed by atoms with E-state index in [2.05, 4.69) is 48.5 Å². The maximum atomic E-state index is 6.33. The summed E-state index contributed by atoms with van der Waals surface area (Å²) in [6.07, 6.45) is 0. The third kappa shape index (κ3) is 1.27. The van der Waals surface area contributed by atoms with Crippen LogP contribution >= 0.6 is 11.3 Å². The summed E-state index contributed by atoms with van der Waals surface area (Å²) in [5, 5.41) is 4.93. The highest BCUT2D eigenvalue weighted by atomic mass is 32.1. The molecule has 0 amide bonds. The average molecular weight is 244 g/mol. The number of fused-ring (bicyclic) bond motifs is 4. The van der Waals surface area contributed by atoms with Crippen LogP contribution in [0.1, 0.15) is 0 Å². The molecule has 0 saturated carbocycles. The summed E-state index contributed by atoms with van der Waals surface area (Å²) >= 11 is 1.78. The Labute approximate surface area is 110 Å². The fourth-order valence-electron chi connectivity index (χ4n) is 2.55. The summed E-state index contributed by atoms with van der Waals surface area (Å²) < 4.78 is 2.50. The highest BCUT2D eigenvalue weighted by Gasteiger charge is 2.08. The first-order chi connectivity index (χ1) is 8.84. The van der Waals surface area contributed by atoms with Gasteiger partial charge in [0, 0.05) is 20.2 Å². The van der Waals surface area contributed by atoms with Crippen LogP contribution in [0.25, 0.3) is 30.9 Å². The summed E-state index contributed by atoms with van der Waals surface area (Å²) in [7, 11) is 6.33. The zero-order chi connectivity index (χ0) is 12.1. The van der Waals surface area contributed by atoms with Crippen LogP contribution in [0.5, 0.6) is 0 Å². The van der Waals surface area contributed by atoms with E-state index in [1.807, 2.05) is 6.07 Å². The van der Waals surface area contributed by atoms with Gasteiger partial charge in [-0.25, -0.2) is 0 Å². The van der Waals surface area contributed by atoms with Gasteiger partial charge in [-0.2, -0.15) is 0 Å². The predicted octanol–water partition coefficient (Wildman–Crippen LogP) is 4.00. The molecule has 4 aromatic rings. The fraction of sp³-hybridized carbons (Fsp3) is 0. The van der Waals surface area contributed by atoms with Gasteiger partial charge in [-0.05, 0) is 22.9 Å². The van der Waals surface area contributed by atoms with Crippen molar-refractivity contribution in [3.8, 4) is 0 Å². The van der Waals surface area contributed by atoms with Crippen molar-refractivity contribution in [3.05, 3.63) is 54.6 Å². The molecular weight excluding hydrogens is 235 g/mol. The van der Waals surface area contributed by atoms with Gasteiger partial charge < -0.3 is 0 Å². The van der Waals surface area contributed by atoms with Gasteiger partial charge in [0.2, 0.25) is 0 Å². The summed E-state index contributed by atoms with van der Waals surface area (Å²) in [4.78, 5) is 0. The Morgan fingerprint density at radius 3 is 2.39 bits per heavy atom. The smallest absolute Gasteiger partial charge is 0.116 e. The lowest BCUT2D eigenvalue weighted by Crippen LogP contribution is -2.03. The number of hydrogen-bond acceptors (Lipinski definition) is 1. The van der Waals surface area contributed by atoms with Crippen LogP contribution in [0.3, 0.4) is 0 Å². The molecule has 82 valence electrons. The minimum atomic E-state index is 0.907. The van der Waals surface area contributed by atoms with Gasteiger partial charge in [0.15, 0.2) is 0 Å². The molecule has 0 bridgehead atoms. The van der Waals surface area contributed by atoms with Crippen LogP contribution in [0.4, 0.5) is 0 Å². The van der Waals surface area contributed by atoms with Crippen LogP contribution in [-0.2, 0) is 0 Å². The van der Waals surface area contributed by atoms with E-state index in [1.165, 1.54) is 25.6 Å². The summed E-state index contributed by atoms with van der Waals surface area (Å²) in [6.45, 7) is 0. The normalized spacial score (nSPS) is 11.6. The Morgan fingerprint density at radius 1 is 0.778 bits per heavy atom. The molecule has 0 aliphatic heterocycles. The molecule has 4 rings (SSSR count). The van der Waals surface area contributed by atoms with Crippen molar-refractivity contribution in [2.45, 2.75) is 0 Å². The van der Waals surface area contributed by atoms with Crippen molar-refractivity contribution >= 4 is 55.6 Å². The SMILES string of the molecule is [B]c1c2ccccc2cc2c1sc1ccccc12. The first-order valence-corrected chi connectivity index (χ1v) is 6.75. The number of benzene rings is 3. The Balaban J connectivity index is 2.33. The van der Waals surface area contributed by atoms with Gasteiger partial charge in [-0.1, -0.05) is 47.9 Å². The van der Waals surface area contributed by atoms with Crippen LogP contribution < -0.4 is 5.46 Å². The maximum Gasteiger partial charge on any atom is 0.116 e. The van der Waals surface area contributed by atoms with E-state index in [-0.39, 0.29) is 0 Å². The highest BCUT2D eigenvalue weighted by Crippen LogP contribution is 2.34. The van der Waals surface area contributed by atoms with Gasteiger partial charge in [-0.3, -0.25) is 0 Å². The number of rotatable bonds is 0. The molecule has 0 saturated heterocycles. The van der Waals surface area contributed by atoms with Gasteiger partial charge in [0.1, 0.15) is 7.85 Å². The molecule has 0 aliphatic rings. The lowest BCUT2D eigenvalue weighted by molar-refractivity contribution is 1.83. The second kappa shape index (κ2) is 3.60. The average Bonchev–Trinajstić information content (AvgIpc) is 2.79. The third-order valence-electron chi connectivity index (χ3n) is 3.43. The lowest BCUT2D eigenvalue weighted by Gasteiger charge is -2.04. The molecule has 1 heterocycles. The van der Waals surface area contributed by atoms with Crippen molar-refractivity contribution < 1.29 is 0 Å². The molecule has 0 spiro atoms. The van der Waals surface area contributed by atoms with E-state index < -0.39 is 0 Å². The highest BCUT2D eigenvalue weighted by molar-refractivity contribution is 7.27. The quantitative estimate of drug-likeness (QED) is 0.410. The zero-order valence-corrected chi connectivity index (χ0v) is 10.5. The van der Waals surface area contributed by atoms with Crippen LogP contribution in [0.15, 0.2) is 54.6 Å². The lowest BCUT2D eigenvalue weighted by atomic mass is 9.88. The van der Waals surface area contributed by atoms with E-state index in [1.54, 1.807) is 11.3 Å². The standard InChI is InChI=1S/C16H9BS/c17-15-11-6-2-1-5-10(11)9-13-12-7-3-4-8-14(12)18-16(13)15/h1-9H. The first kappa shape index (κ1) is 10.2. The summed E-state index contributed by atoms with van der Waals surface area (Å²) in [5.74, 6) is 0. The van der Waals surface area contributed by atoms with E-state index >= 15 is 0 Å². The molecule has 2 heteroatoms. The molecule has 0 atom stereocenters. The molecular formula is C16H9BS. The molecule has 0 aliphatic carbocycles. The van der Waals surface area contributed by atoms with E-state index in [0.29, 0.717) is 0 Å². The minimum absolute atomic E-state index is 0.907. The summed E-state index contributed by atoms with van der Waals surface area (Å²) in [6, 6.07) is 19.0. The topological polar surface area (TPSA) is 0 Å². The van der Waals surface area contributed by atoms with Gasteiger partial charge in [-0.15, -0.1) is 11.3 Å². The summed E-state index contributed by atoms with van der Waals surface area (Å²) in [5.41, 5.74) is 0.907. The second-order valence-corrected chi connectivity index (χ2v) is 5.54. The molecule has 1 aromatic heterocycles. The fourth-order valence-corrected chi connectivity index (χ4v) is 3.71. The third-order valence-corrected chi connectivity index (χ3v) is 4.65. The van der Waals surface area contributed by atoms with Gasteiger partial charge >= 0.3 is 0 Å². The van der Waals surface area contributed by atoms with Crippen molar-refractivity contribution in [1.29, 1.82) is 0 Å². The van der Waals surface area contributed by atoms with E-state index in [9.17, 15) is 0 Å². The van der Waals surface area contributed by atoms with Crippen molar-refractivity contribution in [3.63, 3.8) is 0 Å². The van der Waals surface area contributed by atoms with Crippen molar-refractivity contribution in [2.75, 3.05) is 0 Å². The number of thiophene rings is 1. The van der Waals surface area contributed by atoms with E-state index in [0.717, 1.165) is 10.8 Å².